The number of sulfonamides is 1. The quantitative estimate of drug-likeness (QED) is 0.618. The molecule has 2 aromatic carbocycles. The fraction of sp³-hybridized carbons (Fsp3) is 0.455. The number of nitrogens with zero attached hydrogens (tertiary/aromatic N) is 2. The molecule has 0 amide bonds. The smallest absolute Gasteiger partial charge is 0.358 e. The lowest BCUT2D eigenvalue weighted by atomic mass is 9.92. The van der Waals surface area contributed by atoms with E-state index in [1.54, 1.807) is 12.1 Å². The van der Waals surface area contributed by atoms with Crippen LogP contribution in [-0.2, 0) is 33.2 Å². The summed E-state index contributed by atoms with van der Waals surface area (Å²) in [7, 11) is -3.90. The molecule has 0 unspecified atom stereocenters. The van der Waals surface area contributed by atoms with Crippen LogP contribution >= 0.6 is 0 Å². The highest BCUT2D eigenvalue weighted by Gasteiger charge is 2.44. The molecule has 2 aliphatic heterocycles. The van der Waals surface area contributed by atoms with E-state index in [1.807, 2.05) is 0 Å². The Morgan fingerprint density at radius 2 is 1.66 bits per heavy atom. The minimum Gasteiger partial charge on any atom is -0.358 e. The number of piperidine rings is 1. The number of hydrogen-bond acceptors (Lipinski definition) is 4. The van der Waals surface area contributed by atoms with Crippen LogP contribution in [0.2, 0.25) is 0 Å². The molecule has 0 bridgehead atoms. The van der Waals surface area contributed by atoms with Crippen molar-refractivity contribution < 1.29 is 30.7 Å². The molecular formula is C22H24F4N2O3S. The fourth-order valence-corrected chi connectivity index (χ4v) is 5.93. The molecule has 1 spiro atoms. The number of hydrogen-bond donors (Lipinski definition) is 0. The van der Waals surface area contributed by atoms with Crippen molar-refractivity contribution in [2.45, 2.75) is 36.9 Å². The third kappa shape index (κ3) is 5.14. The van der Waals surface area contributed by atoms with E-state index < -0.39 is 33.1 Å². The van der Waals surface area contributed by atoms with Gasteiger partial charge in [0.2, 0.25) is 10.0 Å². The van der Waals surface area contributed by atoms with E-state index in [2.05, 4.69) is 4.90 Å². The normalized spacial score (nSPS) is 20.1. The number of benzene rings is 2. The summed E-state index contributed by atoms with van der Waals surface area (Å²) in [5.41, 5.74) is -0.693. The predicted molar refractivity (Wildman–Crippen MR) is 110 cm³/mol. The van der Waals surface area contributed by atoms with E-state index >= 15 is 0 Å². The van der Waals surface area contributed by atoms with Crippen molar-refractivity contribution in [2.75, 3.05) is 26.4 Å². The van der Waals surface area contributed by atoms with Crippen molar-refractivity contribution >= 4 is 10.0 Å². The van der Waals surface area contributed by atoms with E-state index in [9.17, 15) is 26.0 Å². The van der Waals surface area contributed by atoms with Crippen LogP contribution in [0.15, 0.2) is 48.5 Å². The summed E-state index contributed by atoms with van der Waals surface area (Å²) in [6, 6.07) is 11.0. The van der Waals surface area contributed by atoms with Crippen molar-refractivity contribution in [3.8, 4) is 0 Å². The zero-order chi connectivity index (χ0) is 23.0. The van der Waals surface area contributed by atoms with Gasteiger partial charge < -0.3 is 4.74 Å². The zero-order valence-electron chi connectivity index (χ0n) is 17.3. The molecule has 2 aliphatic rings. The first-order valence-electron chi connectivity index (χ1n) is 10.3. The average Bonchev–Trinajstić information content (AvgIpc) is 3.11. The maximum absolute atomic E-state index is 13.2. The minimum absolute atomic E-state index is 0.195. The molecule has 0 N–H and O–H groups in total. The van der Waals surface area contributed by atoms with Gasteiger partial charge in [0, 0.05) is 26.2 Å². The van der Waals surface area contributed by atoms with Crippen molar-refractivity contribution in [1.82, 2.24) is 9.21 Å². The van der Waals surface area contributed by atoms with Crippen molar-refractivity contribution in [2.24, 2.45) is 0 Å². The SMILES string of the molecule is O=S(=O)(Cc1ccccc1C(F)(F)F)N1CCC2(CC1)CN(Cc1ccc(F)cc1)CO2. The monoisotopic (exact) mass is 472 g/mol. The molecule has 2 fully saturated rings. The van der Waals surface area contributed by atoms with Crippen molar-refractivity contribution in [3.63, 3.8) is 0 Å². The van der Waals surface area contributed by atoms with E-state index in [0.717, 1.165) is 11.6 Å². The lowest BCUT2D eigenvalue weighted by Gasteiger charge is -2.37. The molecule has 0 saturated carbocycles. The van der Waals surface area contributed by atoms with Gasteiger partial charge in [0.25, 0.3) is 0 Å². The molecule has 2 heterocycles. The van der Waals surface area contributed by atoms with E-state index in [1.165, 1.54) is 34.6 Å². The van der Waals surface area contributed by atoms with Gasteiger partial charge in [-0.1, -0.05) is 30.3 Å². The number of ether oxygens (including phenoxy) is 1. The third-order valence-corrected chi connectivity index (χ3v) is 7.90. The molecular weight excluding hydrogens is 448 g/mol. The van der Waals surface area contributed by atoms with Crippen molar-refractivity contribution in [3.05, 3.63) is 71.0 Å². The van der Waals surface area contributed by atoms with Gasteiger partial charge in [-0.05, 0) is 42.2 Å². The van der Waals surface area contributed by atoms with Crippen LogP contribution in [0.1, 0.15) is 29.5 Å². The van der Waals surface area contributed by atoms with Crippen LogP contribution in [0.25, 0.3) is 0 Å². The van der Waals surface area contributed by atoms with Gasteiger partial charge in [0.05, 0.1) is 16.9 Å². The predicted octanol–water partition coefficient (Wildman–Crippen LogP) is 4.00. The van der Waals surface area contributed by atoms with Gasteiger partial charge in [-0.15, -0.1) is 0 Å². The molecule has 2 aromatic rings. The standard InChI is InChI=1S/C22H24F4N2O3S/c23-19-7-5-17(6-8-19)13-27-15-21(31-16-27)9-11-28(12-10-21)32(29,30)14-18-3-1-2-4-20(18)22(24,25)26/h1-8H,9-16H2. The molecule has 10 heteroatoms. The molecule has 32 heavy (non-hydrogen) atoms. The van der Waals surface area contributed by atoms with Crippen LogP contribution in [0, 0.1) is 5.82 Å². The van der Waals surface area contributed by atoms with Crippen LogP contribution in [0.3, 0.4) is 0 Å². The first-order chi connectivity index (χ1) is 15.1. The van der Waals surface area contributed by atoms with Gasteiger partial charge in [0.15, 0.2) is 0 Å². The summed E-state index contributed by atoms with van der Waals surface area (Å²) in [5, 5.41) is 0. The first kappa shape index (κ1) is 23.2. The Kier molecular flexibility index (Phi) is 6.32. The minimum atomic E-state index is -4.61. The van der Waals surface area contributed by atoms with Gasteiger partial charge in [-0.3, -0.25) is 4.90 Å². The topological polar surface area (TPSA) is 49.9 Å². The highest BCUT2D eigenvalue weighted by molar-refractivity contribution is 7.88. The van der Waals surface area contributed by atoms with Crippen LogP contribution in [0.4, 0.5) is 17.6 Å². The van der Waals surface area contributed by atoms with E-state index in [-0.39, 0.29) is 24.5 Å². The van der Waals surface area contributed by atoms with Crippen LogP contribution < -0.4 is 0 Å². The van der Waals surface area contributed by atoms with Gasteiger partial charge in [-0.25, -0.2) is 17.1 Å². The maximum Gasteiger partial charge on any atom is 0.416 e. The molecule has 0 aromatic heterocycles. The molecule has 174 valence electrons. The highest BCUT2D eigenvalue weighted by Crippen LogP contribution is 2.36. The summed E-state index contributed by atoms with van der Waals surface area (Å²) in [4.78, 5) is 2.08. The summed E-state index contributed by atoms with van der Waals surface area (Å²) < 4.78 is 85.8. The number of halogens is 4. The van der Waals surface area contributed by atoms with Gasteiger partial charge in [0.1, 0.15) is 12.5 Å². The number of rotatable bonds is 5. The summed E-state index contributed by atoms with van der Waals surface area (Å²) in [5.74, 6) is -0.984. The number of alkyl halides is 3. The second kappa shape index (κ2) is 8.74. The average molecular weight is 473 g/mol. The molecule has 0 radical (unpaired) electrons. The fourth-order valence-electron chi connectivity index (χ4n) is 4.36. The summed E-state index contributed by atoms with van der Waals surface area (Å²) >= 11 is 0. The Morgan fingerprint density at radius 3 is 2.31 bits per heavy atom. The maximum atomic E-state index is 13.2. The lowest BCUT2D eigenvalue weighted by Crippen LogP contribution is -2.48. The van der Waals surface area contributed by atoms with Crippen molar-refractivity contribution in [1.29, 1.82) is 0 Å². The Bertz CT molecular complexity index is 1050. The molecule has 5 nitrogen and oxygen atoms in total. The third-order valence-electron chi connectivity index (χ3n) is 6.07. The second-order valence-electron chi connectivity index (χ2n) is 8.38. The highest BCUT2D eigenvalue weighted by atomic mass is 32.2. The Morgan fingerprint density at radius 1 is 1.00 bits per heavy atom. The van der Waals surface area contributed by atoms with Crippen LogP contribution in [0.5, 0.6) is 0 Å². The summed E-state index contributed by atoms with van der Waals surface area (Å²) in [6.07, 6.45) is -3.68. The Labute approximate surface area is 184 Å². The Hall–Kier alpha value is -2.01. The summed E-state index contributed by atoms with van der Waals surface area (Å²) in [6.45, 7) is 2.00. The molecule has 2 saturated heterocycles. The largest absolute Gasteiger partial charge is 0.416 e. The molecule has 4 rings (SSSR count). The van der Waals surface area contributed by atoms with E-state index in [4.69, 9.17) is 4.74 Å². The van der Waals surface area contributed by atoms with E-state index in [0.29, 0.717) is 32.7 Å². The second-order valence-corrected chi connectivity index (χ2v) is 10.3. The lowest BCUT2D eigenvalue weighted by molar-refractivity contribution is -0.138. The van der Waals surface area contributed by atoms with Gasteiger partial charge >= 0.3 is 6.18 Å². The first-order valence-corrected chi connectivity index (χ1v) is 11.9. The van der Waals surface area contributed by atoms with Gasteiger partial charge in [-0.2, -0.15) is 13.2 Å². The Balaban J connectivity index is 1.37. The van der Waals surface area contributed by atoms with Crippen LogP contribution in [-0.4, -0.2) is 49.6 Å². The zero-order valence-corrected chi connectivity index (χ0v) is 18.1. The molecule has 0 atom stereocenters. The molecule has 0 aliphatic carbocycles.